The summed E-state index contributed by atoms with van der Waals surface area (Å²) in [4.78, 5) is 17.3. The molecule has 2 unspecified atom stereocenters. The van der Waals surface area contributed by atoms with Crippen molar-refractivity contribution in [2.24, 2.45) is 0 Å². The van der Waals surface area contributed by atoms with Crippen LogP contribution in [0.15, 0.2) is 18.2 Å². The van der Waals surface area contributed by atoms with Gasteiger partial charge in [-0.25, -0.2) is 0 Å². The zero-order valence-electron chi connectivity index (χ0n) is 13.2. The van der Waals surface area contributed by atoms with E-state index in [1.54, 1.807) is 18.2 Å². The van der Waals surface area contributed by atoms with Crippen LogP contribution in [0.2, 0.25) is 5.02 Å². The molecule has 23 heavy (non-hydrogen) atoms. The van der Waals surface area contributed by atoms with Gasteiger partial charge in [0.1, 0.15) is 0 Å². The number of benzene rings is 1. The lowest BCUT2D eigenvalue weighted by molar-refractivity contribution is 0.0152. The Morgan fingerprint density at radius 3 is 2.70 bits per heavy atom. The second kappa shape index (κ2) is 8.43. The van der Waals surface area contributed by atoms with Gasteiger partial charge in [-0.3, -0.25) is 9.69 Å². The highest BCUT2D eigenvalue weighted by Crippen LogP contribution is 2.27. The number of carbonyl (C=O) groups excluding carboxylic acids is 1. The molecule has 2 atom stereocenters. The average Bonchev–Trinajstić information content (AvgIpc) is 2.46. The molecule has 3 rings (SSSR count). The lowest BCUT2D eigenvalue weighted by atomic mass is 9.96. The number of hydrogen-bond donors (Lipinski definition) is 1. The van der Waals surface area contributed by atoms with E-state index in [-0.39, 0.29) is 36.8 Å². The Morgan fingerprint density at radius 1 is 1.26 bits per heavy atom. The number of piperazine rings is 1. The molecule has 2 aliphatic heterocycles. The first-order valence-corrected chi connectivity index (χ1v) is 8.04. The zero-order chi connectivity index (χ0) is 15.0. The van der Waals surface area contributed by atoms with Gasteiger partial charge in [-0.1, -0.05) is 18.0 Å². The largest absolute Gasteiger partial charge is 0.399 e. The molecular weight excluding hydrogens is 357 g/mol. The summed E-state index contributed by atoms with van der Waals surface area (Å²) in [6, 6.07) is 5.85. The topological polar surface area (TPSA) is 49.6 Å². The monoisotopic (exact) mass is 379 g/mol. The third-order valence-electron chi connectivity index (χ3n) is 4.67. The highest BCUT2D eigenvalue weighted by atomic mass is 35.5. The Kier molecular flexibility index (Phi) is 7.46. The van der Waals surface area contributed by atoms with Gasteiger partial charge in [0.15, 0.2) is 0 Å². The number of fused-ring (bicyclic) bond motifs is 1. The van der Waals surface area contributed by atoms with Crippen LogP contribution in [-0.4, -0.2) is 47.4 Å². The van der Waals surface area contributed by atoms with Crippen LogP contribution in [0.5, 0.6) is 0 Å². The molecule has 0 radical (unpaired) electrons. The van der Waals surface area contributed by atoms with Crippen molar-refractivity contribution in [1.82, 2.24) is 9.80 Å². The van der Waals surface area contributed by atoms with Gasteiger partial charge >= 0.3 is 0 Å². The fourth-order valence-electron chi connectivity index (χ4n) is 3.49. The van der Waals surface area contributed by atoms with Gasteiger partial charge in [-0.2, -0.15) is 0 Å². The smallest absolute Gasteiger partial charge is 0.255 e. The third-order valence-corrected chi connectivity index (χ3v) is 4.98. The van der Waals surface area contributed by atoms with E-state index < -0.39 is 0 Å². The van der Waals surface area contributed by atoms with Crippen LogP contribution >= 0.6 is 36.4 Å². The Morgan fingerprint density at radius 2 is 2.00 bits per heavy atom. The Balaban J connectivity index is 0.00000132. The van der Waals surface area contributed by atoms with Crippen molar-refractivity contribution in [2.45, 2.75) is 38.3 Å². The summed E-state index contributed by atoms with van der Waals surface area (Å²) in [5.41, 5.74) is 6.85. The number of piperidine rings is 1. The quantitative estimate of drug-likeness (QED) is 0.759. The molecule has 2 heterocycles. The summed E-state index contributed by atoms with van der Waals surface area (Å²) in [5, 5.41) is 0.443. The molecule has 0 spiro atoms. The van der Waals surface area contributed by atoms with Gasteiger partial charge in [0.25, 0.3) is 5.91 Å². The number of hydrogen-bond acceptors (Lipinski definition) is 3. The standard InChI is InChI=1S/C16H22ClN3O.2ClH/c1-11-9-19-7-3-2-4-13(19)10-20(11)16(21)14-6-5-12(18)8-15(14)17;;/h5-6,8,11,13H,2-4,7,9-10,18H2,1H3;2*1H. The molecule has 0 saturated carbocycles. The SMILES string of the molecule is CC1CN2CCCCC2CN1C(=O)c1ccc(N)cc1Cl.Cl.Cl. The Labute approximate surface area is 155 Å². The summed E-state index contributed by atoms with van der Waals surface area (Å²) >= 11 is 6.19. The van der Waals surface area contributed by atoms with Crippen LogP contribution in [0.1, 0.15) is 36.5 Å². The molecule has 1 aromatic carbocycles. The minimum absolute atomic E-state index is 0. The summed E-state index contributed by atoms with van der Waals surface area (Å²) < 4.78 is 0. The molecule has 2 saturated heterocycles. The molecule has 7 heteroatoms. The van der Waals surface area contributed by atoms with E-state index in [4.69, 9.17) is 17.3 Å². The molecule has 2 aliphatic rings. The summed E-state index contributed by atoms with van der Waals surface area (Å²) in [6.07, 6.45) is 3.73. The molecule has 1 amide bonds. The summed E-state index contributed by atoms with van der Waals surface area (Å²) in [6.45, 7) is 5.05. The van der Waals surface area contributed by atoms with Gasteiger partial charge in [-0.15, -0.1) is 24.8 Å². The minimum atomic E-state index is 0. The van der Waals surface area contributed by atoms with E-state index in [9.17, 15) is 4.79 Å². The number of nitrogens with zero attached hydrogens (tertiary/aromatic N) is 2. The fraction of sp³-hybridized carbons (Fsp3) is 0.562. The van der Waals surface area contributed by atoms with Crippen molar-refractivity contribution in [3.05, 3.63) is 28.8 Å². The van der Waals surface area contributed by atoms with E-state index in [2.05, 4.69) is 11.8 Å². The van der Waals surface area contributed by atoms with E-state index in [1.165, 1.54) is 25.8 Å². The number of nitrogen functional groups attached to an aromatic ring is 1. The van der Waals surface area contributed by atoms with Crippen molar-refractivity contribution in [2.75, 3.05) is 25.4 Å². The van der Waals surface area contributed by atoms with E-state index in [0.29, 0.717) is 22.3 Å². The lowest BCUT2D eigenvalue weighted by Crippen LogP contribution is -2.60. The summed E-state index contributed by atoms with van der Waals surface area (Å²) in [7, 11) is 0. The Hall–Kier alpha value is -0.680. The van der Waals surface area contributed by atoms with E-state index in [0.717, 1.165) is 13.1 Å². The van der Waals surface area contributed by atoms with Crippen molar-refractivity contribution in [3.63, 3.8) is 0 Å². The van der Waals surface area contributed by atoms with E-state index in [1.807, 2.05) is 4.90 Å². The Bertz CT molecular complexity index is 555. The number of nitrogens with two attached hydrogens (primary N) is 1. The normalized spacial score (nSPS) is 24.2. The molecule has 2 N–H and O–H groups in total. The van der Waals surface area contributed by atoms with Crippen LogP contribution in [0.25, 0.3) is 0 Å². The predicted octanol–water partition coefficient (Wildman–Crippen LogP) is 3.46. The fourth-order valence-corrected chi connectivity index (χ4v) is 3.76. The van der Waals surface area contributed by atoms with Gasteiger partial charge in [0.05, 0.1) is 10.6 Å². The first kappa shape index (κ1) is 20.4. The number of anilines is 1. The molecule has 0 aliphatic carbocycles. The van der Waals surface area contributed by atoms with Gasteiger partial charge in [0, 0.05) is 30.9 Å². The van der Waals surface area contributed by atoms with Crippen molar-refractivity contribution < 1.29 is 4.79 Å². The predicted molar refractivity (Wildman–Crippen MR) is 100 cm³/mol. The summed E-state index contributed by atoms with van der Waals surface area (Å²) in [5.74, 6) is 0.0257. The number of amides is 1. The second-order valence-corrected chi connectivity index (χ2v) is 6.60. The van der Waals surface area contributed by atoms with Gasteiger partial charge in [-0.05, 0) is 44.5 Å². The van der Waals surface area contributed by atoms with E-state index >= 15 is 0 Å². The number of rotatable bonds is 1. The molecule has 0 bridgehead atoms. The van der Waals surface area contributed by atoms with Crippen molar-refractivity contribution in [3.8, 4) is 0 Å². The maximum atomic E-state index is 12.8. The van der Waals surface area contributed by atoms with Gasteiger partial charge in [0.2, 0.25) is 0 Å². The van der Waals surface area contributed by atoms with Gasteiger partial charge < -0.3 is 10.6 Å². The number of halogens is 3. The first-order chi connectivity index (χ1) is 10.1. The minimum Gasteiger partial charge on any atom is -0.399 e. The van der Waals surface area contributed by atoms with Crippen LogP contribution < -0.4 is 5.73 Å². The first-order valence-electron chi connectivity index (χ1n) is 7.66. The highest BCUT2D eigenvalue weighted by Gasteiger charge is 2.35. The molecule has 4 nitrogen and oxygen atoms in total. The zero-order valence-corrected chi connectivity index (χ0v) is 15.6. The van der Waals surface area contributed by atoms with Crippen molar-refractivity contribution >= 4 is 48.0 Å². The highest BCUT2D eigenvalue weighted by molar-refractivity contribution is 6.34. The van der Waals surface area contributed by atoms with Crippen LogP contribution in [0, 0.1) is 0 Å². The maximum absolute atomic E-state index is 12.8. The molecule has 0 aromatic heterocycles. The number of carbonyl (C=O) groups is 1. The average molecular weight is 381 g/mol. The maximum Gasteiger partial charge on any atom is 0.255 e. The molecule has 2 fully saturated rings. The molecular formula is C16H24Cl3N3O. The lowest BCUT2D eigenvalue weighted by Gasteiger charge is -2.47. The molecule has 1 aromatic rings. The third kappa shape index (κ3) is 4.24. The van der Waals surface area contributed by atoms with Crippen LogP contribution in [-0.2, 0) is 0 Å². The van der Waals surface area contributed by atoms with Crippen molar-refractivity contribution in [1.29, 1.82) is 0 Å². The van der Waals surface area contributed by atoms with Crippen LogP contribution in [0.3, 0.4) is 0 Å². The van der Waals surface area contributed by atoms with Crippen LogP contribution in [0.4, 0.5) is 5.69 Å². The second-order valence-electron chi connectivity index (χ2n) is 6.19. The molecule has 130 valence electrons.